The zero-order valence-electron chi connectivity index (χ0n) is 11.8. The second-order valence-corrected chi connectivity index (χ2v) is 6.67. The summed E-state index contributed by atoms with van der Waals surface area (Å²) in [5.41, 5.74) is 0.534. The summed E-state index contributed by atoms with van der Waals surface area (Å²) < 4.78 is 53.5. The maximum Gasteiger partial charge on any atom is 0.243 e. The van der Waals surface area contributed by atoms with Gasteiger partial charge in [-0.2, -0.15) is 0 Å². The predicted octanol–water partition coefficient (Wildman–Crippen LogP) is 2.99. The number of nitrogens with zero attached hydrogens (tertiary/aromatic N) is 1. The molecule has 1 heterocycles. The highest BCUT2D eigenvalue weighted by Crippen LogP contribution is 2.20. The van der Waals surface area contributed by atoms with Crippen LogP contribution in [0.4, 0.5) is 8.78 Å². The molecule has 0 aliphatic heterocycles. The number of benzene rings is 2. The minimum Gasteiger partial charge on any atom is -0.255 e. The molecule has 0 radical (unpaired) electrons. The predicted molar refractivity (Wildman–Crippen MR) is 82.1 cm³/mol. The minimum atomic E-state index is -3.87. The van der Waals surface area contributed by atoms with Crippen molar-refractivity contribution in [2.45, 2.75) is 11.4 Å². The molecule has 0 bridgehead atoms. The van der Waals surface area contributed by atoms with E-state index in [4.69, 9.17) is 0 Å². The lowest BCUT2D eigenvalue weighted by atomic mass is 10.2. The first-order chi connectivity index (χ1) is 11.0. The summed E-state index contributed by atoms with van der Waals surface area (Å²) in [6.45, 7) is -0.222. The monoisotopic (exact) mass is 334 g/mol. The lowest BCUT2D eigenvalue weighted by Crippen LogP contribution is -2.23. The minimum absolute atomic E-state index is 0.0208. The van der Waals surface area contributed by atoms with Gasteiger partial charge in [0.15, 0.2) is 0 Å². The van der Waals surface area contributed by atoms with Crippen molar-refractivity contribution in [3.63, 3.8) is 0 Å². The molecular formula is C16H12F2N2O2S. The summed E-state index contributed by atoms with van der Waals surface area (Å²) in [5, 5.41) is 0.687. The van der Waals surface area contributed by atoms with Crippen LogP contribution in [0.3, 0.4) is 0 Å². The summed E-state index contributed by atoms with van der Waals surface area (Å²) >= 11 is 0. The van der Waals surface area contributed by atoms with E-state index in [1.807, 2.05) is 0 Å². The van der Waals surface area contributed by atoms with Gasteiger partial charge in [-0.1, -0.05) is 18.2 Å². The Morgan fingerprint density at radius 3 is 2.43 bits per heavy atom. The van der Waals surface area contributed by atoms with Crippen LogP contribution >= 0.6 is 0 Å². The first-order valence-electron chi connectivity index (χ1n) is 6.74. The first-order valence-corrected chi connectivity index (χ1v) is 8.22. The summed E-state index contributed by atoms with van der Waals surface area (Å²) in [4.78, 5) is 4.11. The Labute approximate surface area is 131 Å². The van der Waals surface area contributed by atoms with Gasteiger partial charge in [0, 0.05) is 24.2 Å². The smallest absolute Gasteiger partial charge is 0.243 e. The Bertz CT molecular complexity index is 949. The Morgan fingerprint density at radius 1 is 1.00 bits per heavy atom. The zero-order valence-corrected chi connectivity index (χ0v) is 12.6. The fourth-order valence-corrected chi connectivity index (χ4v) is 3.46. The molecule has 0 fully saturated rings. The van der Waals surface area contributed by atoms with E-state index in [2.05, 4.69) is 9.71 Å². The maximum absolute atomic E-state index is 13.2. The lowest BCUT2D eigenvalue weighted by molar-refractivity contribution is 0.571. The van der Waals surface area contributed by atoms with E-state index in [1.165, 1.54) is 12.3 Å². The maximum atomic E-state index is 13.2. The van der Waals surface area contributed by atoms with Gasteiger partial charge in [0.25, 0.3) is 0 Å². The molecule has 0 aliphatic rings. The van der Waals surface area contributed by atoms with Gasteiger partial charge in [0.2, 0.25) is 10.0 Å². The van der Waals surface area contributed by atoms with E-state index in [1.54, 1.807) is 24.3 Å². The molecule has 0 aliphatic carbocycles. The molecule has 7 heteroatoms. The van der Waals surface area contributed by atoms with Gasteiger partial charge < -0.3 is 0 Å². The molecule has 0 spiro atoms. The van der Waals surface area contributed by atoms with Gasteiger partial charge in [-0.25, -0.2) is 21.9 Å². The number of hydrogen-bond donors (Lipinski definition) is 1. The van der Waals surface area contributed by atoms with Crippen molar-refractivity contribution in [1.29, 1.82) is 0 Å². The highest BCUT2D eigenvalue weighted by atomic mass is 32.2. The topological polar surface area (TPSA) is 59.1 Å². The lowest BCUT2D eigenvalue weighted by Gasteiger charge is -2.09. The fourth-order valence-electron chi connectivity index (χ4n) is 2.26. The number of rotatable bonds is 4. The van der Waals surface area contributed by atoms with Gasteiger partial charge >= 0.3 is 0 Å². The van der Waals surface area contributed by atoms with Crippen molar-refractivity contribution < 1.29 is 17.2 Å². The fraction of sp³-hybridized carbons (Fsp3) is 0.0625. The van der Waals surface area contributed by atoms with E-state index < -0.39 is 21.7 Å². The van der Waals surface area contributed by atoms with E-state index >= 15 is 0 Å². The molecule has 118 valence electrons. The standard InChI is InChI=1S/C16H12F2N2O2S/c17-13-7-11(8-14(18)9-13)10-20-23(21,22)15-5-1-3-12-4-2-6-19-16(12)15/h1-9,20H,10H2. The summed E-state index contributed by atoms with van der Waals surface area (Å²) in [5.74, 6) is -1.52. The molecular weight excluding hydrogens is 322 g/mol. The van der Waals surface area contributed by atoms with Gasteiger partial charge in [-0.05, 0) is 29.8 Å². The number of hydrogen-bond acceptors (Lipinski definition) is 3. The highest BCUT2D eigenvalue weighted by molar-refractivity contribution is 7.89. The van der Waals surface area contributed by atoms with Gasteiger partial charge in [0.1, 0.15) is 16.5 Å². The van der Waals surface area contributed by atoms with Crippen molar-refractivity contribution in [1.82, 2.24) is 9.71 Å². The molecule has 1 aromatic heterocycles. The van der Waals surface area contributed by atoms with E-state index in [0.29, 0.717) is 10.9 Å². The van der Waals surface area contributed by atoms with Crippen molar-refractivity contribution in [3.8, 4) is 0 Å². The van der Waals surface area contributed by atoms with Crippen molar-refractivity contribution in [2.75, 3.05) is 0 Å². The third kappa shape index (κ3) is 3.35. The molecule has 1 N–H and O–H groups in total. The molecule has 4 nitrogen and oxygen atoms in total. The highest BCUT2D eigenvalue weighted by Gasteiger charge is 2.18. The second-order valence-electron chi connectivity index (χ2n) is 4.93. The Morgan fingerprint density at radius 2 is 1.70 bits per heavy atom. The van der Waals surface area contributed by atoms with Crippen LogP contribution in [-0.2, 0) is 16.6 Å². The third-order valence-corrected chi connectivity index (χ3v) is 4.71. The van der Waals surface area contributed by atoms with E-state index in [9.17, 15) is 17.2 Å². The average Bonchev–Trinajstić information content (AvgIpc) is 2.52. The van der Waals surface area contributed by atoms with Gasteiger partial charge in [-0.15, -0.1) is 0 Å². The number of para-hydroxylation sites is 1. The van der Waals surface area contributed by atoms with Gasteiger partial charge in [-0.3, -0.25) is 4.98 Å². The van der Waals surface area contributed by atoms with Crippen LogP contribution in [0.15, 0.2) is 59.6 Å². The zero-order chi connectivity index (χ0) is 16.4. The Balaban J connectivity index is 1.92. The summed E-state index contributed by atoms with van der Waals surface area (Å²) in [7, 11) is -3.87. The molecule has 23 heavy (non-hydrogen) atoms. The number of fused-ring (bicyclic) bond motifs is 1. The third-order valence-electron chi connectivity index (χ3n) is 3.27. The first kappa shape index (κ1) is 15.5. The number of nitrogens with one attached hydrogen (secondary N) is 1. The van der Waals surface area contributed by atoms with Crippen molar-refractivity contribution in [2.24, 2.45) is 0 Å². The van der Waals surface area contributed by atoms with Crippen LogP contribution in [0.25, 0.3) is 10.9 Å². The molecule has 0 saturated carbocycles. The number of pyridine rings is 1. The second kappa shape index (κ2) is 6.02. The molecule has 2 aromatic carbocycles. The normalized spacial score (nSPS) is 11.7. The van der Waals surface area contributed by atoms with Crippen LogP contribution in [0, 0.1) is 11.6 Å². The van der Waals surface area contributed by atoms with Gasteiger partial charge in [0.05, 0.1) is 5.52 Å². The molecule has 0 atom stereocenters. The quantitative estimate of drug-likeness (QED) is 0.798. The average molecular weight is 334 g/mol. The van der Waals surface area contributed by atoms with Crippen LogP contribution in [-0.4, -0.2) is 13.4 Å². The number of aromatic nitrogens is 1. The van der Waals surface area contributed by atoms with Crippen LogP contribution in [0.2, 0.25) is 0 Å². The molecule has 0 unspecified atom stereocenters. The number of sulfonamides is 1. The number of halogens is 2. The van der Waals surface area contributed by atoms with Crippen molar-refractivity contribution >= 4 is 20.9 Å². The van der Waals surface area contributed by atoms with E-state index in [0.717, 1.165) is 18.2 Å². The van der Waals surface area contributed by atoms with Crippen LogP contribution < -0.4 is 4.72 Å². The Hall–Kier alpha value is -2.38. The molecule has 3 aromatic rings. The van der Waals surface area contributed by atoms with Crippen molar-refractivity contribution in [3.05, 3.63) is 71.9 Å². The molecule has 0 saturated heterocycles. The van der Waals surface area contributed by atoms with Crippen LogP contribution in [0.5, 0.6) is 0 Å². The Kier molecular flexibility index (Phi) is 4.06. The molecule has 0 amide bonds. The van der Waals surface area contributed by atoms with E-state index in [-0.39, 0.29) is 17.0 Å². The summed E-state index contributed by atoms with van der Waals surface area (Å²) in [6.07, 6.45) is 1.50. The largest absolute Gasteiger partial charge is 0.255 e. The van der Waals surface area contributed by atoms with Crippen LogP contribution in [0.1, 0.15) is 5.56 Å². The molecule has 3 rings (SSSR count). The summed E-state index contributed by atoms with van der Waals surface area (Å²) in [6, 6.07) is 11.1. The SMILES string of the molecule is O=S(=O)(NCc1cc(F)cc(F)c1)c1cccc2cccnc12.